The Bertz CT molecular complexity index is 877. The predicted octanol–water partition coefficient (Wildman–Crippen LogP) is 1.74. The summed E-state index contributed by atoms with van der Waals surface area (Å²) in [5, 5.41) is 0. The summed E-state index contributed by atoms with van der Waals surface area (Å²) in [5.74, 6) is -0.246. The van der Waals surface area contributed by atoms with Crippen LogP contribution in [0.1, 0.15) is 10.4 Å². The molecule has 0 unspecified atom stereocenters. The molecule has 2 aromatic rings. The zero-order chi connectivity index (χ0) is 15.7. The fourth-order valence-electron chi connectivity index (χ4n) is 2.07. The van der Waals surface area contributed by atoms with E-state index in [1.165, 1.54) is 36.7 Å². The molecule has 0 N–H and O–H groups in total. The second-order valence-electron chi connectivity index (χ2n) is 4.43. The lowest BCUT2D eigenvalue weighted by molar-refractivity contribution is 0.0601. The Labute approximate surface area is 126 Å². The van der Waals surface area contributed by atoms with E-state index < -0.39 is 16.0 Å². The van der Waals surface area contributed by atoms with Gasteiger partial charge in [-0.2, -0.15) is 8.42 Å². The minimum Gasteiger partial charge on any atom is -0.465 e. The average Bonchev–Trinajstić information content (AvgIpc) is 2.54. The number of ether oxygens (including phenoxy) is 1. The van der Waals surface area contributed by atoms with Gasteiger partial charge in [-0.05, 0) is 30.3 Å². The maximum absolute atomic E-state index is 11.9. The molecular formula is C14H11N3O4S. The third kappa shape index (κ3) is 2.33. The highest BCUT2D eigenvalue weighted by Crippen LogP contribution is 2.32. The zero-order valence-corrected chi connectivity index (χ0v) is 12.3. The standard InChI is InChI=1S/C14H11N3O4S/c1-21-14(18)10-4-2-5-11(8-10)17-9-16-22(19,20)12-6-3-7-15-13(12)17/h2-9H,1H3. The number of anilines is 2. The van der Waals surface area contributed by atoms with Crippen LogP contribution in [0.5, 0.6) is 0 Å². The normalized spacial score (nSPS) is 15.2. The molecule has 0 radical (unpaired) electrons. The quantitative estimate of drug-likeness (QED) is 0.784. The molecule has 0 fully saturated rings. The van der Waals surface area contributed by atoms with E-state index in [4.69, 9.17) is 0 Å². The summed E-state index contributed by atoms with van der Waals surface area (Å²) >= 11 is 0. The van der Waals surface area contributed by atoms with Crippen molar-refractivity contribution in [1.82, 2.24) is 4.98 Å². The summed E-state index contributed by atoms with van der Waals surface area (Å²) in [7, 11) is -2.45. The molecule has 112 valence electrons. The van der Waals surface area contributed by atoms with Crippen LogP contribution in [0.3, 0.4) is 0 Å². The van der Waals surface area contributed by atoms with Crippen LogP contribution in [0.15, 0.2) is 51.9 Å². The number of aromatic nitrogens is 1. The van der Waals surface area contributed by atoms with Crippen LogP contribution in [-0.2, 0) is 14.8 Å². The van der Waals surface area contributed by atoms with Crippen LogP contribution in [0.4, 0.5) is 11.5 Å². The monoisotopic (exact) mass is 317 g/mol. The number of benzene rings is 1. The predicted molar refractivity (Wildman–Crippen MR) is 79.8 cm³/mol. The first-order valence-electron chi connectivity index (χ1n) is 6.26. The molecule has 1 aliphatic rings. The van der Waals surface area contributed by atoms with Crippen LogP contribution < -0.4 is 4.90 Å². The van der Waals surface area contributed by atoms with Gasteiger partial charge in [0.25, 0.3) is 10.0 Å². The first kappa shape index (κ1) is 14.2. The van der Waals surface area contributed by atoms with Crippen LogP contribution in [0.2, 0.25) is 0 Å². The number of rotatable bonds is 2. The maximum atomic E-state index is 11.9. The van der Waals surface area contributed by atoms with Gasteiger partial charge in [0.15, 0.2) is 5.82 Å². The minimum atomic E-state index is -3.74. The SMILES string of the molecule is COC(=O)c1cccc(N2C=NS(=O)(=O)c3cccnc32)c1. The van der Waals surface area contributed by atoms with Gasteiger partial charge in [0, 0.05) is 11.9 Å². The lowest BCUT2D eigenvalue weighted by Gasteiger charge is -2.23. The van der Waals surface area contributed by atoms with Gasteiger partial charge < -0.3 is 4.74 Å². The van der Waals surface area contributed by atoms with Crippen LogP contribution in [-0.4, -0.2) is 32.8 Å². The number of carbonyl (C=O) groups is 1. The lowest BCUT2D eigenvalue weighted by atomic mass is 10.2. The second kappa shape index (κ2) is 5.23. The van der Waals surface area contributed by atoms with E-state index in [2.05, 4.69) is 14.1 Å². The largest absolute Gasteiger partial charge is 0.465 e. The van der Waals surface area contributed by atoms with Crippen molar-refractivity contribution in [3.8, 4) is 0 Å². The highest BCUT2D eigenvalue weighted by Gasteiger charge is 2.27. The molecule has 2 heterocycles. The number of pyridine rings is 1. The van der Waals surface area contributed by atoms with Gasteiger partial charge in [-0.1, -0.05) is 6.07 Å². The van der Waals surface area contributed by atoms with Crippen molar-refractivity contribution in [3.05, 3.63) is 48.2 Å². The van der Waals surface area contributed by atoms with Crippen LogP contribution in [0.25, 0.3) is 0 Å². The van der Waals surface area contributed by atoms with Gasteiger partial charge in [-0.15, -0.1) is 4.40 Å². The summed E-state index contributed by atoms with van der Waals surface area (Å²) in [6.45, 7) is 0. The molecule has 8 heteroatoms. The van der Waals surface area contributed by atoms with Gasteiger partial charge in [0.1, 0.15) is 11.2 Å². The van der Waals surface area contributed by atoms with Crippen LogP contribution in [0, 0.1) is 0 Å². The van der Waals surface area contributed by atoms with Gasteiger partial charge >= 0.3 is 5.97 Å². The Morgan fingerprint density at radius 1 is 1.23 bits per heavy atom. The van der Waals surface area contributed by atoms with E-state index in [0.29, 0.717) is 11.3 Å². The number of nitrogens with zero attached hydrogens (tertiary/aromatic N) is 3. The fraction of sp³-hybridized carbons (Fsp3) is 0.0714. The van der Waals surface area contributed by atoms with Crippen molar-refractivity contribution in [2.24, 2.45) is 4.40 Å². The van der Waals surface area contributed by atoms with E-state index in [1.807, 2.05) is 0 Å². The third-order valence-electron chi connectivity index (χ3n) is 3.10. The molecule has 1 aliphatic heterocycles. The Kier molecular flexibility index (Phi) is 3.38. The molecule has 0 saturated heterocycles. The molecular weight excluding hydrogens is 306 g/mol. The number of carbonyl (C=O) groups excluding carboxylic acids is 1. The van der Waals surface area contributed by atoms with E-state index in [-0.39, 0.29) is 10.7 Å². The summed E-state index contributed by atoms with van der Waals surface area (Å²) in [6.07, 6.45) is 2.66. The van der Waals surface area contributed by atoms with Gasteiger partial charge in [-0.3, -0.25) is 4.90 Å². The van der Waals surface area contributed by atoms with E-state index >= 15 is 0 Å². The number of esters is 1. The molecule has 0 aliphatic carbocycles. The zero-order valence-electron chi connectivity index (χ0n) is 11.5. The molecule has 22 heavy (non-hydrogen) atoms. The lowest BCUT2D eigenvalue weighted by Crippen LogP contribution is -2.23. The van der Waals surface area contributed by atoms with Crippen LogP contribution >= 0.6 is 0 Å². The van der Waals surface area contributed by atoms with Gasteiger partial charge in [-0.25, -0.2) is 9.78 Å². The first-order chi connectivity index (χ1) is 10.5. The molecule has 1 aromatic carbocycles. The molecule has 1 aromatic heterocycles. The Balaban J connectivity index is 2.12. The average molecular weight is 317 g/mol. The minimum absolute atomic E-state index is 0.0148. The van der Waals surface area contributed by atoms with Crippen molar-refractivity contribution in [2.45, 2.75) is 4.90 Å². The molecule has 0 amide bonds. The third-order valence-corrected chi connectivity index (χ3v) is 4.35. The van der Waals surface area contributed by atoms with E-state index in [9.17, 15) is 13.2 Å². The number of methoxy groups -OCH3 is 1. The summed E-state index contributed by atoms with van der Waals surface area (Å²) in [6, 6.07) is 9.53. The van der Waals surface area contributed by atoms with Crippen molar-refractivity contribution in [1.29, 1.82) is 0 Å². The summed E-state index contributed by atoms with van der Waals surface area (Å²) in [4.78, 5) is 17.2. The molecule has 7 nitrogen and oxygen atoms in total. The molecule has 0 spiro atoms. The second-order valence-corrected chi connectivity index (χ2v) is 6.03. The molecule has 3 rings (SSSR count). The van der Waals surface area contributed by atoms with Gasteiger partial charge in [0.2, 0.25) is 0 Å². The van der Waals surface area contributed by atoms with E-state index in [0.717, 1.165) is 0 Å². The molecule has 0 bridgehead atoms. The van der Waals surface area contributed by atoms with Crippen molar-refractivity contribution in [2.75, 3.05) is 12.0 Å². The molecule has 0 atom stereocenters. The number of hydrogen-bond donors (Lipinski definition) is 0. The number of hydrogen-bond acceptors (Lipinski definition) is 6. The van der Waals surface area contributed by atoms with Crippen molar-refractivity contribution < 1.29 is 17.9 Å². The number of fused-ring (bicyclic) bond motifs is 1. The smallest absolute Gasteiger partial charge is 0.337 e. The highest BCUT2D eigenvalue weighted by atomic mass is 32.2. The Morgan fingerprint density at radius 3 is 2.82 bits per heavy atom. The highest BCUT2D eigenvalue weighted by molar-refractivity contribution is 7.90. The topological polar surface area (TPSA) is 88.9 Å². The fourth-order valence-corrected chi connectivity index (χ4v) is 3.04. The first-order valence-corrected chi connectivity index (χ1v) is 7.70. The van der Waals surface area contributed by atoms with Crippen molar-refractivity contribution >= 4 is 33.8 Å². The Hall–Kier alpha value is -2.74. The summed E-state index contributed by atoms with van der Waals surface area (Å²) in [5.41, 5.74) is 0.904. The molecule has 0 saturated carbocycles. The van der Waals surface area contributed by atoms with Crippen molar-refractivity contribution in [3.63, 3.8) is 0 Å². The van der Waals surface area contributed by atoms with Gasteiger partial charge in [0.05, 0.1) is 12.7 Å². The Morgan fingerprint density at radius 2 is 2.05 bits per heavy atom. The summed E-state index contributed by atoms with van der Waals surface area (Å²) < 4.78 is 32.1. The maximum Gasteiger partial charge on any atom is 0.337 e. The number of sulfonamides is 1. The van der Waals surface area contributed by atoms with E-state index in [1.54, 1.807) is 24.3 Å².